The second kappa shape index (κ2) is 5.95. The second-order valence-electron chi connectivity index (χ2n) is 5.67. The zero-order chi connectivity index (χ0) is 15.6. The highest BCUT2D eigenvalue weighted by atomic mass is 19.4. The Bertz CT molecular complexity index is 519. The molecule has 0 aromatic heterocycles. The number of alkyl halides is 3. The average molecular weight is 299 g/mol. The maximum atomic E-state index is 13.1. The van der Waals surface area contributed by atoms with E-state index in [0.717, 1.165) is 25.5 Å². The summed E-state index contributed by atoms with van der Waals surface area (Å²) in [5, 5.41) is 7.28. The van der Waals surface area contributed by atoms with Gasteiger partial charge in [-0.2, -0.15) is 13.2 Å². The van der Waals surface area contributed by atoms with E-state index in [9.17, 15) is 13.2 Å². The van der Waals surface area contributed by atoms with Crippen molar-refractivity contribution in [3.63, 3.8) is 0 Å². The summed E-state index contributed by atoms with van der Waals surface area (Å²) in [5.41, 5.74) is 4.65. The van der Waals surface area contributed by atoms with E-state index in [2.05, 4.69) is 0 Å². The smallest absolute Gasteiger partial charge is 0.384 e. The fourth-order valence-electron chi connectivity index (χ4n) is 2.92. The fourth-order valence-corrected chi connectivity index (χ4v) is 2.92. The highest BCUT2D eigenvalue weighted by Crippen LogP contribution is 2.35. The molecule has 0 spiro atoms. The third kappa shape index (κ3) is 3.68. The number of benzene rings is 1. The van der Waals surface area contributed by atoms with Crippen LogP contribution in [0.5, 0.6) is 0 Å². The second-order valence-corrected chi connectivity index (χ2v) is 5.67. The number of nitrogens with two attached hydrogens (primary N) is 1. The van der Waals surface area contributed by atoms with Crippen molar-refractivity contribution in [1.29, 1.82) is 5.41 Å². The number of hydrogen-bond donors (Lipinski definition) is 2. The van der Waals surface area contributed by atoms with E-state index in [0.29, 0.717) is 11.6 Å². The van der Waals surface area contributed by atoms with Crippen LogP contribution in [0.3, 0.4) is 0 Å². The van der Waals surface area contributed by atoms with Crippen LogP contribution in [0.4, 0.5) is 18.9 Å². The van der Waals surface area contributed by atoms with Gasteiger partial charge in [0.25, 0.3) is 0 Å². The fraction of sp³-hybridized carbons (Fsp3) is 0.533. The van der Waals surface area contributed by atoms with Crippen molar-refractivity contribution in [3.05, 3.63) is 29.3 Å². The molecule has 0 bridgehead atoms. The molecule has 0 unspecified atom stereocenters. The molecular formula is C15H20F3N3. The minimum absolute atomic E-state index is 0.263. The van der Waals surface area contributed by atoms with E-state index < -0.39 is 17.6 Å². The van der Waals surface area contributed by atoms with Gasteiger partial charge in [0.15, 0.2) is 0 Å². The van der Waals surface area contributed by atoms with Gasteiger partial charge in [0.2, 0.25) is 0 Å². The molecule has 0 saturated heterocycles. The number of halogens is 3. The first kappa shape index (κ1) is 15.7. The van der Waals surface area contributed by atoms with Crippen LogP contribution in [-0.2, 0) is 6.18 Å². The molecule has 1 saturated carbocycles. The normalized spacial score (nSPS) is 16.2. The molecule has 1 aromatic carbocycles. The quantitative estimate of drug-likeness (QED) is 0.659. The van der Waals surface area contributed by atoms with Gasteiger partial charge in [0.05, 0.1) is 5.56 Å². The van der Waals surface area contributed by atoms with Gasteiger partial charge < -0.3 is 10.6 Å². The van der Waals surface area contributed by atoms with Crippen molar-refractivity contribution in [3.8, 4) is 0 Å². The molecule has 2 rings (SSSR count). The van der Waals surface area contributed by atoms with E-state index in [-0.39, 0.29) is 5.56 Å². The molecule has 1 aliphatic carbocycles. The molecule has 6 heteroatoms. The van der Waals surface area contributed by atoms with E-state index in [4.69, 9.17) is 11.1 Å². The van der Waals surface area contributed by atoms with Gasteiger partial charge >= 0.3 is 6.18 Å². The van der Waals surface area contributed by atoms with E-state index in [1.54, 1.807) is 13.1 Å². The summed E-state index contributed by atoms with van der Waals surface area (Å²) in [5.74, 6) is -0.0101. The molecule has 0 heterocycles. The third-order valence-electron chi connectivity index (χ3n) is 4.05. The van der Waals surface area contributed by atoms with Gasteiger partial charge in [-0.15, -0.1) is 0 Å². The topological polar surface area (TPSA) is 53.1 Å². The monoisotopic (exact) mass is 299 g/mol. The molecule has 21 heavy (non-hydrogen) atoms. The Hall–Kier alpha value is -1.72. The van der Waals surface area contributed by atoms with Gasteiger partial charge in [0.1, 0.15) is 5.84 Å². The van der Waals surface area contributed by atoms with Crippen molar-refractivity contribution in [2.24, 2.45) is 11.7 Å². The van der Waals surface area contributed by atoms with Crippen molar-refractivity contribution >= 4 is 11.5 Å². The predicted octanol–water partition coefficient (Wildman–Crippen LogP) is 3.62. The number of hydrogen-bond acceptors (Lipinski definition) is 2. The third-order valence-corrected chi connectivity index (χ3v) is 4.05. The zero-order valence-corrected chi connectivity index (χ0v) is 12.0. The Morgan fingerprint density at radius 2 is 1.95 bits per heavy atom. The minimum Gasteiger partial charge on any atom is -0.384 e. The summed E-state index contributed by atoms with van der Waals surface area (Å²) in [6.07, 6.45) is 0.181. The molecular weight excluding hydrogens is 279 g/mol. The van der Waals surface area contributed by atoms with Crippen molar-refractivity contribution in [2.75, 3.05) is 18.5 Å². The molecule has 116 valence electrons. The Balaban J connectivity index is 2.26. The molecule has 3 nitrogen and oxygen atoms in total. The first-order valence-electron chi connectivity index (χ1n) is 7.06. The lowest BCUT2D eigenvalue weighted by Crippen LogP contribution is -2.25. The first-order chi connectivity index (χ1) is 9.79. The van der Waals surface area contributed by atoms with Gasteiger partial charge in [0, 0.05) is 24.8 Å². The van der Waals surface area contributed by atoms with Crippen LogP contribution in [-0.4, -0.2) is 19.4 Å². The number of nitrogen functional groups attached to an aromatic ring is 1. The Morgan fingerprint density at radius 3 is 2.48 bits per heavy atom. The lowest BCUT2D eigenvalue weighted by molar-refractivity contribution is -0.137. The first-order valence-corrected chi connectivity index (χ1v) is 7.06. The average Bonchev–Trinajstić information content (AvgIpc) is 2.89. The molecule has 0 radical (unpaired) electrons. The molecule has 1 aromatic rings. The van der Waals surface area contributed by atoms with Crippen LogP contribution in [0.1, 0.15) is 36.8 Å². The van der Waals surface area contributed by atoms with E-state index >= 15 is 0 Å². The number of anilines is 1. The molecule has 1 aliphatic rings. The maximum absolute atomic E-state index is 13.1. The molecule has 0 amide bonds. The highest BCUT2D eigenvalue weighted by Gasteiger charge is 2.34. The number of nitrogens with zero attached hydrogens (tertiary/aromatic N) is 1. The Kier molecular flexibility index (Phi) is 4.44. The summed E-state index contributed by atoms with van der Waals surface area (Å²) in [6, 6.07) is 3.97. The Labute approximate surface area is 122 Å². The SMILES string of the molecule is CN(CC1CCCC1)c1ccc(C(=N)N)c(C(F)(F)F)c1. The largest absolute Gasteiger partial charge is 0.417 e. The van der Waals surface area contributed by atoms with Gasteiger partial charge in [-0.25, -0.2) is 0 Å². The van der Waals surface area contributed by atoms with E-state index in [1.807, 2.05) is 4.90 Å². The van der Waals surface area contributed by atoms with Crippen molar-refractivity contribution in [1.82, 2.24) is 0 Å². The van der Waals surface area contributed by atoms with Crippen LogP contribution in [0, 0.1) is 11.3 Å². The summed E-state index contributed by atoms with van der Waals surface area (Å²) >= 11 is 0. The lowest BCUT2D eigenvalue weighted by Gasteiger charge is -2.24. The van der Waals surface area contributed by atoms with Crippen LogP contribution >= 0.6 is 0 Å². The zero-order valence-electron chi connectivity index (χ0n) is 12.0. The summed E-state index contributed by atoms with van der Waals surface area (Å²) < 4.78 is 39.3. The maximum Gasteiger partial charge on any atom is 0.417 e. The minimum atomic E-state index is -4.51. The van der Waals surface area contributed by atoms with Gasteiger partial charge in [-0.3, -0.25) is 5.41 Å². The summed E-state index contributed by atoms with van der Waals surface area (Å²) in [4.78, 5) is 1.86. The van der Waals surface area contributed by atoms with Crippen LogP contribution in [0.15, 0.2) is 18.2 Å². The molecule has 3 N–H and O–H groups in total. The highest BCUT2D eigenvalue weighted by molar-refractivity contribution is 5.97. The standard InChI is InChI=1S/C15H20F3N3/c1-21(9-10-4-2-3-5-10)11-6-7-12(14(19)20)13(8-11)15(16,17)18/h6-8,10H,2-5,9H2,1H3,(H3,19,20). The summed E-state index contributed by atoms with van der Waals surface area (Å²) in [7, 11) is 1.81. The molecule has 0 atom stereocenters. The van der Waals surface area contributed by atoms with Crippen LogP contribution in [0.2, 0.25) is 0 Å². The number of amidine groups is 1. The molecule has 0 aliphatic heterocycles. The van der Waals surface area contributed by atoms with E-state index in [1.165, 1.54) is 18.9 Å². The van der Waals surface area contributed by atoms with Crippen molar-refractivity contribution in [2.45, 2.75) is 31.9 Å². The number of nitrogens with one attached hydrogen (secondary N) is 1. The van der Waals surface area contributed by atoms with Crippen molar-refractivity contribution < 1.29 is 13.2 Å². The van der Waals surface area contributed by atoms with Gasteiger partial charge in [-0.05, 0) is 37.0 Å². The van der Waals surface area contributed by atoms with Crippen LogP contribution < -0.4 is 10.6 Å². The molecule has 1 fully saturated rings. The predicted molar refractivity (Wildman–Crippen MR) is 77.7 cm³/mol. The summed E-state index contributed by atoms with van der Waals surface area (Å²) in [6.45, 7) is 0.761. The lowest BCUT2D eigenvalue weighted by atomic mass is 10.0. The van der Waals surface area contributed by atoms with Crippen LogP contribution in [0.25, 0.3) is 0 Å². The Morgan fingerprint density at radius 1 is 1.33 bits per heavy atom. The number of rotatable bonds is 4. The van der Waals surface area contributed by atoms with Gasteiger partial charge in [-0.1, -0.05) is 12.8 Å².